The molecule has 9 aromatic carbocycles. The van der Waals surface area contributed by atoms with Gasteiger partial charge in [0, 0.05) is 33.4 Å². The minimum atomic E-state index is 1.09. The summed E-state index contributed by atoms with van der Waals surface area (Å²) in [6.45, 7) is 0. The Morgan fingerprint density at radius 1 is 0.286 bits per heavy atom. The van der Waals surface area contributed by atoms with Crippen LogP contribution in [-0.4, -0.2) is 4.57 Å². The minimum Gasteiger partial charge on any atom is -0.310 e. The molecule has 0 saturated heterocycles. The number of aromatic nitrogens is 1. The van der Waals surface area contributed by atoms with Gasteiger partial charge < -0.3 is 9.47 Å². The van der Waals surface area contributed by atoms with E-state index in [2.05, 4.69) is 240 Å². The molecule has 264 valence electrons. The van der Waals surface area contributed by atoms with E-state index in [1.54, 1.807) is 0 Å². The van der Waals surface area contributed by atoms with Gasteiger partial charge in [0.2, 0.25) is 0 Å². The predicted octanol–water partition coefficient (Wildman–Crippen LogP) is 14.9. The molecule has 0 saturated carbocycles. The predicted molar refractivity (Wildman–Crippen MR) is 237 cm³/mol. The highest BCUT2D eigenvalue weighted by Gasteiger charge is 2.20. The Kier molecular flexibility index (Phi) is 8.55. The highest BCUT2D eigenvalue weighted by molar-refractivity contribution is 6.10. The van der Waals surface area contributed by atoms with Crippen LogP contribution < -0.4 is 4.90 Å². The van der Waals surface area contributed by atoms with Crippen molar-refractivity contribution in [2.75, 3.05) is 4.90 Å². The highest BCUT2D eigenvalue weighted by atomic mass is 15.1. The van der Waals surface area contributed by atoms with Gasteiger partial charge in [0.05, 0.1) is 16.7 Å². The van der Waals surface area contributed by atoms with E-state index in [9.17, 15) is 0 Å². The van der Waals surface area contributed by atoms with Crippen LogP contribution in [-0.2, 0) is 0 Å². The lowest BCUT2D eigenvalue weighted by Gasteiger charge is -2.28. The maximum atomic E-state index is 2.38. The van der Waals surface area contributed by atoms with E-state index in [4.69, 9.17) is 0 Å². The number of fused-ring (bicyclic) bond motifs is 3. The van der Waals surface area contributed by atoms with E-state index in [0.29, 0.717) is 0 Å². The van der Waals surface area contributed by atoms with E-state index < -0.39 is 0 Å². The van der Waals surface area contributed by atoms with Gasteiger partial charge in [-0.15, -0.1) is 0 Å². The first-order chi connectivity index (χ1) is 27.8. The monoisotopic (exact) mass is 714 g/mol. The standard InChI is InChI=1S/C54H38N2/c1-4-18-40(19-5-1)45-24-10-11-25-46(45)47-26-12-13-27-48(47)49-28-14-16-30-52(49)55(42-20-6-2-7-21-42)44-35-32-39(33-36-44)41-34-37-51-50-29-15-17-31-53(50)56(54(51)38-41)43-22-8-3-9-23-43/h1-38H. The minimum absolute atomic E-state index is 1.09. The van der Waals surface area contributed by atoms with Crippen molar-refractivity contribution in [3.63, 3.8) is 0 Å². The summed E-state index contributed by atoms with van der Waals surface area (Å²) >= 11 is 0. The summed E-state index contributed by atoms with van der Waals surface area (Å²) in [5, 5.41) is 2.51. The Morgan fingerprint density at radius 3 is 1.48 bits per heavy atom. The summed E-state index contributed by atoms with van der Waals surface area (Å²) in [4.78, 5) is 2.38. The molecule has 10 rings (SSSR count). The molecule has 0 spiro atoms. The third-order valence-electron chi connectivity index (χ3n) is 10.8. The first-order valence-corrected chi connectivity index (χ1v) is 19.2. The summed E-state index contributed by atoms with van der Waals surface area (Å²) in [5.41, 5.74) is 16.4. The van der Waals surface area contributed by atoms with Crippen LogP contribution in [0, 0.1) is 0 Å². The molecule has 56 heavy (non-hydrogen) atoms. The Morgan fingerprint density at radius 2 is 0.768 bits per heavy atom. The van der Waals surface area contributed by atoms with E-state index in [-0.39, 0.29) is 0 Å². The van der Waals surface area contributed by atoms with Crippen molar-refractivity contribution in [1.29, 1.82) is 0 Å². The summed E-state index contributed by atoms with van der Waals surface area (Å²) in [7, 11) is 0. The van der Waals surface area contributed by atoms with E-state index in [0.717, 1.165) is 28.3 Å². The third-order valence-corrected chi connectivity index (χ3v) is 10.8. The second kappa shape index (κ2) is 14.4. The SMILES string of the molecule is c1ccc(-c2ccccc2-c2ccccc2-c2ccccc2N(c2ccccc2)c2ccc(-c3ccc4c5ccccc5n(-c5ccccc5)c4c3)cc2)cc1. The lowest BCUT2D eigenvalue weighted by atomic mass is 9.88. The van der Waals surface area contributed by atoms with Crippen molar-refractivity contribution in [3.05, 3.63) is 231 Å². The number of benzene rings is 9. The fourth-order valence-electron chi connectivity index (χ4n) is 8.25. The van der Waals surface area contributed by atoms with Crippen LogP contribution in [0.25, 0.3) is 72.0 Å². The smallest absolute Gasteiger partial charge is 0.0547 e. The van der Waals surface area contributed by atoms with Gasteiger partial charge in [0.15, 0.2) is 0 Å². The van der Waals surface area contributed by atoms with Gasteiger partial charge in [-0.1, -0.05) is 176 Å². The molecule has 0 aliphatic heterocycles. The third kappa shape index (κ3) is 5.95. The molecule has 1 aromatic heterocycles. The molecule has 0 atom stereocenters. The van der Waals surface area contributed by atoms with E-state index in [1.165, 1.54) is 60.8 Å². The molecule has 0 amide bonds. The number of hydrogen-bond donors (Lipinski definition) is 0. The maximum absolute atomic E-state index is 2.38. The topological polar surface area (TPSA) is 8.17 Å². The summed E-state index contributed by atoms with van der Waals surface area (Å²) in [5.74, 6) is 0. The molecule has 2 heteroatoms. The van der Waals surface area contributed by atoms with Gasteiger partial charge in [-0.2, -0.15) is 0 Å². The Hall–Kier alpha value is -7.42. The lowest BCUT2D eigenvalue weighted by molar-refractivity contribution is 1.18. The zero-order valence-corrected chi connectivity index (χ0v) is 30.8. The molecule has 0 N–H and O–H groups in total. The largest absolute Gasteiger partial charge is 0.310 e. The average molecular weight is 715 g/mol. The molecule has 0 bridgehead atoms. The van der Waals surface area contributed by atoms with Gasteiger partial charge in [-0.05, 0) is 93.5 Å². The molecule has 0 aliphatic rings. The highest BCUT2D eigenvalue weighted by Crippen LogP contribution is 2.45. The zero-order valence-electron chi connectivity index (χ0n) is 30.8. The van der Waals surface area contributed by atoms with Gasteiger partial charge in [-0.3, -0.25) is 0 Å². The number of para-hydroxylation sites is 4. The quantitative estimate of drug-likeness (QED) is 0.152. The zero-order chi connectivity index (χ0) is 37.3. The van der Waals surface area contributed by atoms with Gasteiger partial charge in [0.25, 0.3) is 0 Å². The Labute approximate surface area is 327 Å². The lowest BCUT2D eigenvalue weighted by Crippen LogP contribution is -2.11. The molecule has 0 radical (unpaired) electrons. The molecular weight excluding hydrogens is 677 g/mol. The van der Waals surface area contributed by atoms with Crippen LogP contribution >= 0.6 is 0 Å². The van der Waals surface area contributed by atoms with Crippen LogP contribution in [0.2, 0.25) is 0 Å². The van der Waals surface area contributed by atoms with Crippen LogP contribution in [0.15, 0.2) is 231 Å². The van der Waals surface area contributed by atoms with Crippen LogP contribution in [0.5, 0.6) is 0 Å². The molecule has 1 heterocycles. The van der Waals surface area contributed by atoms with Crippen LogP contribution in [0.3, 0.4) is 0 Å². The molecule has 2 nitrogen and oxygen atoms in total. The maximum Gasteiger partial charge on any atom is 0.0547 e. The summed E-state index contributed by atoms with van der Waals surface area (Å²) < 4.78 is 2.38. The van der Waals surface area contributed by atoms with Crippen molar-refractivity contribution < 1.29 is 0 Å². The number of hydrogen-bond acceptors (Lipinski definition) is 1. The summed E-state index contributed by atoms with van der Waals surface area (Å²) in [6, 6.07) is 83.0. The number of rotatable bonds is 8. The van der Waals surface area contributed by atoms with Crippen LogP contribution in [0.4, 0.5) is 17.1 Å². The number of nitrogens with zero attached hydrogens (tertiary/aromatic N) is 2. The van der Waals surface area contributed by atoms with E-state index >= 15 is 0 Å². The molecule has 0 unspecified atom stereocenters. The average Bonchev–Trinajstić information content (AvgIpc) is 3.62. The van der Waals surface area contributed by atoms with Crippen molar-refractivity contribution in [3.8, 4) is 50.2 Å². The molecular formula is C54H38N2. The Balaban J connectivity index is 1.09. The van der Waals surface area contributed by atoms with Crippen molar-refractivity contribution in [1.82, 2.24) is 4.57 Å². The van der Waals surface area contributed by atoms with Gasteiger partial charge in [-0.25, -0.2) is 0 Å². The van der Waals surface area contributed by atoms with Gasteiger partial charge in [0.1, 0.15) is 0 Å². The summed E-state index contributed by atoms with van der Waals surface area (Å²) in [6.07, 6.45) is 0. The van der Waals surface area contributed by atoms with Crippen molar-refractivity contribution in [2.24, 2.45) is 0 Å². The van der Waals surface area contributed by atoms with Gasteiger partial charge >= 0.3 is 0 Å². The van der Waals surface area contributed by atoms with Crippen LogP contribution in [0.1, 0.15) is 0 Å². The second-order valence-corrected chi connectivity index (χ2v) is 14.1. The first-order valence-electron chi connectivity index (χ1n) is 19.2. The molecule has 0 fully saturated rings. The van der Waals surface area contributed by atoms with E-state index in [1.807, 2.05) is 0 Å². The van der Waals surface area contributed by atoms with Crippen molar-refractivity contribution >= 4 is 38.9 Å². The first kappa shape index (κ1) is 33.2. The van der Waals surface area contributed by atoms with Crippen molar-refractivity contribution in [2.45, 2.75) is 0 Å². The Bertz CT molecular complexity index is 2940. The number of anilines is 3. The molecule has 0 aliphatic carbocycles. The normalized spacial score (nSPS) is 11.2. The fourth-order valence-corrected chi connectivity index (χ4v) is 8.25. The molecule has 10 aromatic rings. The fraction of sp³-hybridized carbons (Fsp3) is 0. The second-order valence-electron chi connectivity index (χ2n) is 14.1.